The lowest BCUT2D eigenvalue weighted by atomic mass is 10.2. The maximum absolute atomic E-state index is 5.46. The van der Waals surface area contributed by atoms with Crippen molar-refractivity contribution in [3.05, 3.63) is 0 Å². The highest BCUT2D eigenvalue weighted by atomic mass is 16.5. The molecule has 0 saturated heterocycles. The lowest BCUT2D eigenvalue weighted by Crippen LogP contribution is -3.09. The molecule has 14 heavy (non-hydrogen) atoms. The highest BCUT2D eigenvalue weighted by molar-refractivity contribution is 4.67. The second-order valence-corrected chi connectivity index (χ2v) is 4.37. The normalized spacial score (nSPS) is 16.3. The molecule has 0 bridgehead atoms. The van der Waals surface area contributed by atoms with Crippen LogP contribution in [-0.2, 0) is 9.47 Å². The van der Waals surface area contributed by atoms with Crippen LogP contribution in [0.15, 0.2) is 0 Å². The highest BCUT2D eigenvalue weighted by Crippen LogP contribution is 1.98. The SMILES string of the molecule is CO[C@H](C[NH+](C)C)[C@@H](C[NH+](C)C)OC. The monoisotopic (exact) mass is 206 g/mol. The van der Waals surface area contributed by atoms with Crippen LogP contribution in [0.1, 0.15) is 0 Å². The fraction of sp³-hybridized carbons (Fsp3) is 1.00. The molecule has 4 nitrogen and oxygen atoms in total. The van der Waals surface area contributed by atoms with E-state index in [-0.39, 0.29) is 12.2 Å². The van der Waals surface area contributed by atoms with Gasteiger partial charge in [-0.25, -0.2) is 0 Å². The third-order valence-corrected chi connectivity index (χ3v) is 2.24. The first-order valence-corrected chi connectivity index (χ1v) is 5.14. The number of ether oxygens (including phenoxy) is 2. The molecule has 0 aromatic rings. The molecule has 0 saturated carbocycles. The Morgan fingerprint density at radius 1 is 0.786 bits per heavy atom. The van der Waals surface area contributed by atoms with E-state index in [0.29, 0.717) is 0 Å². The van der Waals surface area contributed by atoms with Gasteiger partial charge in [0.25, 0.3) is 0 Å². The first kappa shape index (κ1) is 13.8. The molecule has 0 unspecified atom stereocenters. The minimum Gasteiger partial charge on any atom is -0.373 e. The molecule has 0 amide bonds. The molecule has 0 aromatic heterocycles. The maximum Gasteiger partial charge on any atom is 0.137 e. The van der Waals surface area contributed by atoms with Gasteiger partial charge in [0, 0.05) is 14.2 Å². The lowest BCUT2D eigenvalue weighted by Gasteiger charge is -2.26. The third-order valence-electron chi connectivity index (χ3n) is 2.24. The van der Waals surface area contributed by atoms with Crippen LogP contribution in [0.2, 0.25) is 0 Å². The molecule has 86 valence electrons. The van der Waals surface area contributed by atoms with E-state index in [1.807, 2.05) is 0 Å². The number of rotatable bonds is 7. The smallest absolute Gasteiger partial charge is 0.137 e. The van der Waals surface area contributed by atoms with Crippen LogP contribution >= 0.6 is 0 Å². The Bertz CT molecular complexity index is 124. The molecule has 0 aliphatic rings. The molecule has 0 aliphatic carbocycles. The minimum atomic E-state index is 0.180. The molecule has 4 heteroatoms. The van der Waals surface area contributed by atoms with Crippen LogP contribution in [-0.4, -0.2) is 67.7 Å². The molecule has 2 N–H and O–H groups in total. The summed E-state index contributed by atoms with van der Waals surface area (Å²) in [6.45, 7) is 1.95. The van der Waals surface area contributed by atoms with Gasteiger partial charge in [0.05, 0.1) is 28.2 Å². The van der Waals surface area contributed by atoms with Crippen LogP contribution < -0.4 is 9.80 Å². The average Bonchev–Trinajstić information content (AvgIpc) is 2.10. The number of methoxy groups -OCH3 is 2. The Kier molecular flexibility index (Phi) is 7.09. The Labute approximate surface area is 87.8 Å². The van der Waals surface area contributed by atoms with Crippen molar-refractivity contribution in [1.82, 2.24) is 0 Å². The summed E-state index contributed by atoms with van der Waals surface area (Å²) >= 11 is 0. The van der Waals surface area contributed by atoms with E-state index in [1.165, 1.54) is 9.80 Å². The zero-order valence-electron chi connectivity index (χ0n) is 10.4. The number of likely N-dealkylation sites (N-methyl/N-ethyl adjacent to an activating group) is 2. The second-order valence-electron chi connectivity index (χ2n) is 4.37. The summed E-state index contributed by atoms with van der Waals surface area (Å²) in [5.74, 6) is 0. The van der Waals surface area contributed by atoms with Gasteiger partial charge in [-0.2, -0.15) is 0 Å². The predicted molar refractivity (Wildman–Crippen MR) is 56.9 cm³/mol. The third kappa shape index (κ3) is 5.54. The van der Waals surface area contributed by atoms with Crippen molar-refractivity contribution >= 4 is 0 Å². The van der Waals surface area contributed by atoms with Crippen molar-refractivity contribution in [3.63, 3.8) is 0 Å². The molecular formula is C10H26N2O2+2. The van der Waals surface area contributed by atoms with Gasteiger partial charge in [0.15, 0.2) is 0 Å². The summed E-state index contributed by atoms with van der Waals surface area (Å²) < 4.78 is 10.9. The zero-order chi connectivity index (χ0) is 11.1. The first-order chi connectivity index (χ1) is 6.51. The molecule has 0 heterocycles. The molecule has 0 radical (unpaired) electrons. The second kappa shape index (κ2) is 7.17. The van der Waals surface area contributed by atoms with Crippen molar-refractivity contribution in [1.29, 1.82) is 0 Å². The molecule has 0 fully saturated rings. The Balaban J connectivity index is 4.14. The molecule has 0 aliphatic heterocycles. The van der Waals surface area contributed by atoms with Crippen LogP contribution in [0.5, 0.6) is 0 Å². The van der Waals surface area contributed by atoms with Crippen LogP contribution in [0.4, 0.5) is 0 Å². The summed E-state index contributed by atoms with van der Waals surface area (Å²) in [5, 5.41) is 0. The van der Waals surface area contributed by atoms with E-state index in [1.54, 1.807) is 14.2 Å². The van der Waals surface area contributed by atoms with Crippen molar-refractivity contribution in [2.75, 3.05) is 55.5 Å². The standard InChI is InChI=1S/C10H24N2O2/c1-11(2)7-9(13-5)10(14-6)8-12(3)4/h9-10H,7-8H2,1-6H3/p+2/t9-,10-/m1/s1. The summed E-state index contributed by atoms with van der Waals surface area (Å²) in [6, 6.07) is 0. The topological polar surface area (TPSA) is 27.3 Å². The number of quaternary nitrogens is 2. The summed E-state index contributed by atoms with van der Waals surface area (Å²) in [7, 11) is 12.0. The van der Waals surface area contributed by atoms with Crippen LogP contribution in [0, 0.1) is 0 Å². The van der Waals surface area contributed by atoms with Gasteiger partial charge in [-0.05, 0) is 0 Å². The van der Waals surface area contributed by atoms with Crippen molar-refractivity contribution in [3.8, 4) is 0 Å². The van der Waals surface area contributed by atoms with Gasteiger partial charge in [0.1, 0.15) is 25.3 Å². The van der Waals surface area contributed by atoms with Crippen molar-refractivity contribution in [2.45, 2.75) is 12.2 Å². The molecule has 0 aromatic carbocycles. The summed E-state index contributed by atoms with van der Waals surface area (Å²) in [5.41, 5.74) is 0. The molecule has 0 rings (SSSR count). The maximum atomic E-state index is 5.46. The average molecular weight is 206 g/mol. The van der Waals surface area contributed by atoms with Gasteiger partial charge in [-0.1, -0.05) is 0 Å². The van der Waals surface area contributed by atoms with E-state index in [0.717, 1.165) is 13.1 Å². The van der Waals surface area contributed by atoms with Crippen molar-refractivity contribution in [2.24, 2.45) is 0 Å². The molecule has 0 spiro atoms. The highest BCUT2D eigenvalue weighted by Gasteiger charge is 2.25. The molecular weight excluding hydrogens is 180 g/mol. The fourth-order valence-electron chi connectivity index (χ4n) is 1.54. The van der Waals surface area contributed by atoms with Gasteiger partial charge in [-0.15, -0.1) is 0 Å². The fourth-order valence-corrected chi connectivity index (χ4v) is 1.54. The number of hydrogen-bond acceptors (Lipinski definition) is 2. The van der Waals surface area contributed by atoms with Crippen LogP contribution in [0.3, 0.4) is 0 Å². The first-order valence-electron chi connectivity index (χ1n) is 5.14. The van der Waals surface area contributed by atoms with E-state index in [9.17, 15) is 0 Å². The molecule has 2 atom stereocenters. The minimum absolute atomic E-state index is 0.180. The van der Waals surface area contributed by atoms with Gasteiger partial charge in [0.2, 0.25) is 0 Å². The lowest BCUT2D eigenvalue weighted by molar-refractivity contribution is -0.871. The summed E-state index contributed by atoms with van der Waals surface area (Å²) in [4.78, 5) is 2.76. The number of hydrogen-bond donors (Lipinski definition) is 2. The summed E-state index contributed by atoms with van der Waals surface area (Å²) in [6.07, 6.45) is 0.361. The predicted octanol–water partition coefficient (Wildman–Crippen LogP) is -2.69. The van der Waals surface area contributed by atoms with Crippen LogP contribution in [0.25, 0.3) is 0 Å². The van der Waals surface area contributed by atoms with Gasteiger partial charge in [-0.3, -0.25) is 0 Å². The zero-order valence-corrected chi connectivity index (χ0v) is 10.4. The Morgan fingerprint density at radius 2 is 1.07 bits per heavy atom. The van der Waals surface area contributed by atoms with E-state index >= 15 is 0 Å². The van der Waals surface area contributed by atoms with E-state index < -0.39 is 0 Å². The van der Waals surface area contributed by atoms with Gasteiger partial charge < -0.3 is 19.3 Å². The van der Waals surface area contributed by atoms with E-state index in [4.69, 9.17) is 9.47 Å². The number of nitrogens with one attached hydrogen (secondary N) is 2. The quantitative estimate of drug-likeness (QED) is 0.474. The Hall–Kier alpha value is -0.160. The largest absolute Gasteiger partial charge is 0.373 e. The van der Waals surface area contributed by atoms with Crippen molar-refractivity contribution < 1.29 is 19.3 Å². The van der Waals surface area contributed by atoms with E-state index in [2.05, 4.69) is 28.2 Å². The van der Waals surface area contributed by atoms with Gasteiger partial charge >= 0.3 is 0 Å². The Morgan fingerprint density at radius 3 is 1.21 bits per heavy atom.